The van der Waals surface area contributed by atoms with Crippen LogP contribution in [0.2, 0.25) is 0 Å². The van der Waals surface area contributed by atoms with Gasteiger partial charge in [-0.2, -0.15) is 13.2 Å². The van der Waals surface area contributed by atoms with Gasteiger partial charge in [0.05, 0.1) is 23.5 Å². The van der Waals surface area contributed by atoms with Crippen LogP contribution in [0.25, 0.3) is 0 Å². The summed E-state index contributed by atoms with van der Waals surface area (Å²) in [7, 11) is 0. The van der Waals surface area contributed by atoms with E-state index in [1.54, 1.807) is 13.8 Å². The van der Waals surface area contributed by atoms with Crippen LogP contribution >= 0.6 is 23.2 Å². The molecular formula is C55H86Cl2F3N4NaO8. The number of carboxylic acid groups (broad SMARTS) is 1. The van der Waals surface area contributed by atoms with E-state index in [1.807, 2.05) is 81.4 Å². The monoisotopic (exact) mass is 1080 g/mol. The van der Waals surface area contributed by atoms with Crippen LogP contribution in [-0.2, 0) is 28.8 Å². The van der Waals surface area contributed by atoms with E-state index >= 15 is 0 Å². The summed E-state index contributed by atoms with van der Waals surface area (Å²) in [5.74, 6) is 0.858. The quantitative estimate of drug-likeness (QED) is 0.0711. The molecular weight excluding hydrogens is 996 g/mol. The molecule has 0 aromatic heterocycles. The van der Waals surface area contributed by atoms with Crippen molar-refractivity contribution in [1.29, 1.82) is 0 Å². The zero-order valence-electron chi connectivity index (χ0n) is 45.5. The molecule has 2 saturated carbocycles. The van der Waals surface area contributed by atoms with Crippen LogP contribution in [0.4, 0.5) is 13.2 Å². The molecule has 2 aliphatic rings. The molecule has 0 radical (unpaired) electrons. The topological polar surface area (TPSA) is 215 Å². The first-order chi connectivity index (χ1) is 33.0. The van der Waals surface area contributed by atoms with Gasteiger partial charge in [0.25, 0.3) is 0 Å². The smallest absolute Gasteiger partial charge is 0.870 e. The van der Waals surface area contributed by atoms with E-state index < -0.39 is 24.2 Å². The molecule has 0 aliphatic heterocycles. The Labute approximate surface area is 466 Å². The van der Waals surface area contributed by atoms with Gasteiger partial charge < -0.3 is 32.3 Å². The molecule has 3 amide bonds. The maximum atomic E-state index is 13.3. The van der Waals surface area contributed by atoms with E-state index in [-0.39, 0.29) is 87.4 Å². The van der Waals surface area contributed by atoms with Gasteiger partial charge in [-0.3, -0.25) is 24.0 Å². The van der Waals surface area contributed by atoms with Crippen LogP contribution in [0.1, 0.15) is 170 Å². The predicted molar refractivity (Wildman–Crippen MR) is 280 cm³/mol. The molecule has 0 saturated heterocycles. The van der Waals surface area contributed by atoms with Crippen molar-refractivity contribution < 1.29 is 82.1 Å². The van der Waals surface area contributed by atoms with E-state index in [1.165, 1.54) is 12.8 Å². The number of aliphatic carboxylic acids is 1. The minimum atomic E-state index is -5.08. The number of rotatable bonds is 18. The van der Waals surface area contributed by atoms with Crippen LogP contribution in [0.3, 0.4) is 0 Å². The second-order valence-electron chi connectivity index (χ2n) is 21.5. The number of halogens is 5. The molecule has 73 heavy (non-hydrogen) atoms. The van der Waals surface area contributed by atoms with Crippen molar-refractivity contribution in [3.63, 3.8) is 0 Å². The summed E-state index contributed by atoms with van der Waals surface area (Å²) in [4.78, 5) is 72.7. The van der Waals surface area contributed by atoms with Crippen molar-refractivity contribution >= 4 is 58.5 Å². The van der Waals surface area contributed by atoms with E-state index in [2.05, 4.69) is 57.5 Å². The van der Waals surface area contributed by atoms with Gasteiger partial charge in [0.1, 0.15) is 17.6 Å². The molecule has 0 unspecified atom stereocenters. The Hall–Kier alpha value is -3.05. The molecule has 0 bridgehead atoms. The van der Waals surface area contributed by atoms with Gasteiger partial charge >= 0.3 is 41.7 Å². The van der Waals surface area contributed by atoms with Crippen molar-refractivity contribution in [2.75, 3.05) is 5.34 Å². The van der Waals surface area contributed by atoms with Crippen molar-refractivity contribution in [1.82, 2.24) is 16.0 Å². The molecule has 2 aliphatic carbocycles. The molecule has 2 aromatic carbocycles. The largest absolute Gasteiger partial charge is 1.00 e. The van der Waals surface area contributed by atoms with Crippen molar-refractivity contribution in [2.45, 2.75) is 177 Å². The van der Waals surface area contributed by atoms with Crippen LogP contribution in [0.15, 0.2) is 60.7 Å². The number of alkyl halides is 5. The van der Waals surface area contributed by atoms with Crippen molar-refractivity contribution in [2.24, 2.45) is 58.5 Å². The summed E-state index contributed by atoms with van der Waals surface area (Å²) >= 11 is 9.53. The molecule has 4 rings (SSSR count). The Morgan fingerprint density at radius 1 is 0.658 bits per heavy atom. The number of nitrogens with two attached hydrogens (primary N) is 1. The maximum Gasteiger partial charge on any atom is 1.00 e. The molecule has 0 heterocycles. The normalized spacial score (nSPS) is 21.1. The van der Waals surface area contributed by atoms with Gasteiger partial charge in [0, 0.05) is 31.1 Å². The third-order valence-corrected chi connectivity index (χ3v) is 13.4. The molecule has 12 nitrogen and oxygen atoms in total. The minimum absolute atomic E-state index is 0. The van der Waals surface area contributed by atoms with E-state index in [0.29, 0.717) is 79.2 Å². The van der Waals surface area contributed by atoms with Gasteiger partial charge in [-0.1, -0.05) is 136 Å². The predicted octanol–water partition coefficient (Wildman–Crippen LogP) is 8.97. The molecule has 7 N–H and O–H groups in total. The summed E-state index contributed by atoms with van der Waals surface area (Å²) in [6, 6.07) is 18.0. The number of ketones is 2. The number of benzene rings is 2. The zero-order chi connectivity index (χ0) is 54.2. The molecule has 10 atom stereocenters. The SMILES string of the molecule is CC(C)[C@@H]1CC[C@@H](C)C[C@H]1C(=O)CC[C@@H](NC(=O)[C@@H](C)N)c1ccccc1.CC(C)[C@@H]1CC[C@@H](C)C[C@H]1C(=O)CC[C@@H](NC(=O)[C@@H](C)NC(=O)CC(C)(C)C)c1ccccc1.ClCCl.O=C(O)C(F)(F)F.[Na+].[OH-]. The van der Waals surface area contributed by atoms with E-state index in [9.17, 15) is 37.1 Å². The minimum Gasteiger partial charge on any atom is -0.870 e. The number of hydrogen-bond donors (Lipinski definition) is 5. The van der Waals surface area contributed by atoms with Crippen LogP contribution in [0.5, 0.6) is 0 Å². The van der Waals surface area contributed by atoms with Crippen molar-refractivity contribution in [3.8, 4) is 0 Å². The van der Waals surface area contributed by atoms with Crippen LogP contribution in [-0.4, -0.2) is 69.4 Å². The molecule has 2 aromatic rings. The Morgan fingerprint density at radius 2 is 1.00 bits per heavy atom. The third-order valence-electron chi connectivity index (χ3n) is 13.4. The zero-order valence-corrected chi connectivity index (χ0v) is 49.0. The molecule has 410 valence electrons. The molecule has 18 heteroatoms. The molecule has 2 fully saturated rings. The van der Waals surface area contributed by atoms with Gasteiger partial charge in [0.15, 0.2) is 0 Å². The van der Waals surface area contributed by atoms with Gasteiger partial charge in [0.2, 0.25) is 17.7 Å². The Balaban J connectivity index is 0. The number of carbonyl (C=O) groups is 6. The third kappa shape index (κ3) is 28.6. The van der Waals surface area contributed by atoms with E-state index in [0.717, 1.165) is 36.8 Å². The Kier molecular flexibility index (Phi) is 35.6. The number of amides is 3. The summed E-state index contributed by atoms with van der Waals surface area (Å²) < 4.78 is 31.7. The first kappa shape index (κ1) is 72.0. The maximum absolute atomic E-state index is 13.3. The fraction of sp³-hybridized carbons (Fsp3) is 0.673. The van der Waals surface area contributed by atoms with E-state index in [4.69, 9.17) is 38.8 Å². The Morgan fingerprint density at radius 3 is 1.30 bits per heavy atom. The Bertz CT molecular complexity index is 1930. The fourth-order valence-corrected chi connectivity index (χ4v) is 9.54. The summed E-state index contributed by atoms with van der Waals surface area (Å²) in [6.45, 7) is 22.8. The number of carboxylic acids is 1. The average molecular weight is 1080 g/mol. The summed E-state index contributed by atoms with van der Waals surface area (Å²) in [6.07, 6.45) is 4.09. The van der Waals surface area contributed by atoms with Gasteiger partial charge in [-0.05, 0) is 104 Å². The number of carbonyl (C=O) groups excluding carboxylic acids is 5. The number of hydrogen-bond acceptors (Lipinski definition) is 8. The fourth-order valence-electron chi connectivity index (χ4n) is 9.54. The number of nitrogens with one attached hydrogen (secondary N) is 3. The van der Waals surface area contributed by atoms with Crippen molar-refractivity contribution in [3.05, 3.63) is 71.8 Å². The first-order valence-corrected chi connectivity index (χ1v) is 26.3. The first-order valence-electron chi connectivity index (χ1n) is 25.3. The van der Waals surface area contributed by atoms with Crippen LogP contribution in [0, 0.1) is 52.8 Å². The summed E-state index contributed by atoms with van der Waals surface area (Å²) in [5.41, 5.74) is 7.59. The second kappa shape index (κ2) is 36.1. The summed E-state index contributed by atoms with van der Waals surface area (Å²) in [5, 5.41) is 16.2. The van der Waals surface area contributed by atoms with Gasteiger partial charge in [-0.15, -0.1) is 23.2 Å². The van der Waals surface area contributed by atoms with Crippen LogP contribution < -0.4 is 51.2 Å². The van der Waals surface area contributed by atoms with Gasteiger partial charge in [-0.25, -0.2) is 4.79 Å². The molecule has 0 spiro atoms. The second-order valence-corrected chi connectivity index (χ2v) is 22.3. The number of Topliss-reactive ketones (excluding diaryl/α,β-unsaturated/α-hetero) is 2. The average Bonchev–Trinajstić information content (AvgIpc) is 3.28. The standard InChI is InChI=1S/C29H46N2O3.C23H36N2O2.C2HF3O2.CH2Cl2.Na.H2O/c1-19(2)23-14-13-20(3)17-24(23)26(32)16-15-25(22-11-9-8-10-12-22)31-28(34)21(4)30-27(33)18-29(5,6)7;1-15(2)19-11-10-16(3)14-20(19)22(26)13-12-21(25-23(27)17(4)24)18-8-6-5-7-9-18;3-2(4,5)1(6)7;2-1-3;;/h8-12,19-21,23-25H,13-18H2,1-7H3,(H,30,33)(H,31,34);5-9,15-17,19-21H,10-14,24H2,1-4H3,(H,25,27);(H,6,7);1H2;;1H2/q;;;;+1;/p-1/t20-,21-,23+,24-,25-;16-,17-,19+,20-,21-;;;;/m11..../s1.